The van der Waals surface area contributed by atoms with Gasteiger partial charge in [0.05, 0.1) is 23.9 Å². The molecule has 0 radical (unpaired) electrons. The molecule has 5 heteroatoms. The molecule has 0 unspecified atom stereocenters. The third-order valence-corrected chi connectivity index (χ3v) is 3.63. The highest BCUT2D eigenvalue weighted by Crippen LogP contribution is 2.23. The quantitative estimate of drug-likeness (QED) is 0.809. The number of carbonyl (C=O) groups is 2. The summed E-state index contributed by atoms with van der Waals surface area (Å²) >= 11 is 0. The zero-order valence-electron chi connectivity index (χ0n) is 12.4. The van der Waals surface area contributed by atoms with Crippen molar-refractivity contribution >= 4 is 17.6 Å². The van der Waals surface area contributed by atoms with E-state index in [0.717, 1.165) is 5.56 Å². The Kier molecular flexibility index (Phi) is 5.27. The molecule has 5 nitrogen and oxygen atoms in total. The zero-order chi connectivity index (χ0) is 15.3. The first-order valence-corrected chi connectivity index (χ1v) is 6.67. The molecule has 0 saturated heterocycles. The van der Waals surface area contributed by atoms with Crippen molar-refractivity contribution in [2.45, 2.75) is 39.2 Å². The molecule has 0 fully saturated rings. The number of rotatable bonds is 5. The predicted octanol–water partition coefficient (Wildman–Crippen LogP) is 2.24. The zero-order valence-corrected chi connectivity index (χ0v) is 12.4. The van der Waals surface area contributed by atoms with Gasteiger partial charge in [-0.15, -0.1) is 0 Å². The first-order valence-electron chi connectivity index (χ1n) is 6.67. The smallest absolute Gasteiger partial charge is 0.339 e. The minimum atomic E-state index is -0.935. The van der Waals surface area contributed by atoms with Crippen LogP contribution in [0.25, 0.3) is 0 Å². The van der Waals surface area contributed by atoms with Gasteiger partial charge in [-0.05, 0) is 31.4 Å². The number of amides is 1. The number of nitrogens with two attached hydrogens (primary N) is 1. The number of benzene rings is 1. The lowest BCUT2D eigenvalue weighted by Crippen LogP contribution is -2.50. The Balaban J connectivity index is 3.15. The largest absolute Gasteiger partial charge is 0.465 e. The van der Waals surface area contributed by atoms with Crippen molar-refractivity contribution in [1.29, 1.82) is 0 Å². The molecular weight excluding hydrogens is 256 g/mol. The van der Waals surface area contributed by atoms with Gasteiger partial charge in [-0.25, -0.2) is 4.79 Å². The number of esters is 1. The Morgan fingerprint density at radius 2 is 1.90 bits per heavy atom. The van der Waals surface area contributed by atoms with E-state index in [-0.39, 0.29) is 5.91 Å². The molecule has 0 bridgehead atoms. The molecule has 110 valence electrons. The number of aryl methyl sites for hydroxylation is 1. The van der Waals surface area contributed by atoms with Crippen LogP contribution in [0.2, 0.25) is 0 Å². The van der Waals surface area contributed by atoms with Gasteiger partial charge in [0, 0.05) is 0 Å². The number of ether oxygens (including phenoxy) is 1. The molecule has 0 spiro atoms. The Labute approximate surface area is 119 Å². The van der Waals surface area contributed by atoms with Gasteiger partial charge in [0.15, 0.2) is 0 Å². The van der Waals surface area contributed by atoms with E-state index in [2.05, 4.69) is 5.32 Å². The van der Waals surface area contributed by atoms with Crippen LogP contribution >= 0.6 is 0 Å². The van der Waals surface area contributed by atoms with Crippen LogP contribution in [0.5, 0.6) is 0 Å². The van der Waals surface area contributed by atoms with Gasteiger partial charge in [-0.3, -0.25) is 4.79 Å². The molecule has 0 heterocycles. The van der Waals surface area contributed by atoms with Crippen LogP contribution in [-0.4, -0.2) is 24.5 Å². The standard InChI is InChI=1S/C15H22N2O3/c1-5-15(16,6-2)14(19)17-12-10(3)8-7-9-11(12)13(18)20-4/h7-9H,5-6,16H2,1-4H3,(H,17,19). The highest BCUT2D eigenvalue weighted by molar-refractivity contribution is 6.04. The van der Waals surface area contributed by atoms with Gasteiger partial charge < -0.3 is 15.8 Å². The molecule has 0 aliphatic rings. The monoisotopic (exact) mass is 278 g/mol. The summed E-state index contributed by atoms with van der Waals surface area (Å²) in [5.74, 6) is -0.776. The van der Waals surface area contributed by atoms with E-state index in [1.807, 2.05) is 26.8 Å². The molecule has 1 aromatic rings. The van der Waals surface area contributed by atoms with Gasteiger partial charge in [0.25, 0.3) is 0 Å². The van der Waals surface area contributed by atoms with Crippen LogP contribution in [0.4, 0.5) is 5.69 Å². The number of carbonyl (C=O) groups excluding carboxylic acids is 2. The van der Waals surface area contributed by atoms with Crippen LogP contribution in [0.15, 0.2) is 18.2 Å². The summed E-state index contributed by atoms with van der Waals surface area (Å²) in [5.41, 5.74) is 6.71. The number of methoxy groups -OCH3 is 1. The molecule has 1 rings (SSSR count). The molecule has 1 aromatic carbocycles. The minimum Gasteiger partial charge on any atom is -0.465 e. The molecule has 1 amide bonds. The topological polar surface area (TPSA) is 81.4 Å². The normalized spacial score (nSPS) is 11.1. The first kappa shape index (κ1) is 16.2. The Bertz CT molecular complexity index is 508. The third kappa shape index (κ3) is 3.17. The second-order valence-corrected chi connectivity index (χ2v) is 4.81. The maximum absolute atomic E-state index is 12.3. The Hall–Kier alpha value is -1.88. The number of anilines is 1. The average molecular weight is 278 g/mol. The molecule has 3 N–H and O–H groups in total. The van der Waals surface area contributed by atoms with Crippen molar-refractivity contribution in [3.05, 3.63) is 29.3 Å². The van der Waals surface area contributed by atoms with Crippen molar-refractivity contribution in [2.24, 2.45) is 5.73 Å². The molecular formula is C15H22N2O3. The van der Waals surface area contributed by atoms with Crippen LogP contribution in [0.3, 0.4) is 0 Å². The number of hydrogen-bond acceptors (Lipinski definition) is 4. The lowest BCUT2D eigenvalue weighted by Gasteiger charge is -2.26. The second kappa shape index (κ2) is 6.52. The minimum absolute atomic E-state index is 0.290. The summed E-state index contributed by atoms with van der Waals surface area (Å²) in [5, 5.41) is 2.77. The number of nitrogens with one attached hydrogen (secondary N) is 1. The Morgan fingerprint density at radius 1 is 1.30 bits per heavy atom. The number of para-hydroxylation sites is 1. The fraction of sp³-hybridized carbons (Fsp3) is 0.467. The van der Waals surface area contributed by atoms with Crippen molar-refractivity contribution in [3.8, 4) is 0 Å². The summed E-state index contributed by atoms with van der Waals surface area (Å²) in [6.07, 6.45) is 1.05. The van der Waals surface area contributed by atoms with Gasteiger partial charge in [0.1, 0.15) is 0 Å². The van der Waals surface area contributed by atoms with E-state index >= 15 is 0 Å². The summed E-state index contributed by atoms with van der Waals surface area (Å²) < 4.78 is 4.73. The second-order valence-electron chi connectivity index (χ2n) is 4.81. The van der Waals surface area contributed by atoms with E-state index < -0.39 is 11.5 Å². The van der Waals surface area contributed by atoms with E-state index in [1.54, 1.807) is 12.1 Å². The summed E-state index contributed by atoms with van der Waals surface area (Å²) in [7, 11) is 1.31. The van der Waals surface area contributed by atoms with Crippen molar-refractivity contribution < 1.29 is 14.3 Å². The molecule has 0 atom stereocenters. The van der Waals surface area contributed by atoms with E-state index in [9.17, 15) is 9.59 Å². The maximum Gasteiger partial charge on any atom is 0.339 e. The fourth-order valence-electron chi connectivity index (χ4n) is 1.92. The van der Waals surface area contributed by atoms with Crippen LogP contribution in [0, 0.1) is 6.92 Å². The van der Waals surface area contributed by atoms with Crippen molar-refractivity contribution in [2.75, 3.05) is 12.4 Å². The van der Waals surface area contributed by atoms with Crippen LogP contribution in [0.1, 0.15) is 42.6 Å². The number of hydrogen-bond donors (Lipinski definition) is 2. The maximum atomic E-state index is 12.3. The lowest BCUT2D eigenvalue weighted by atomic mass is 9.92. The predicted molar refractivity (Wildman–Crippen MR) is 78.6 cm³/mol. The van der Waals surface area contributed by atoms with Crippen LogP contribution < -0.4 is 11.1 Å². The van der Waals surface area contributed by atoms with Crippen LogP contribution in [-0.2, 0) is 9.53 Å². The summed E-state index contributed by atoms with van der Waals surface area (Å²) in [6.45, 7) is 5.54. The van der Waals surface area contributed by atoms with E-state index in [0.29, 0.717) is 24.1 Å². The molecule has 0 saturated carbocycles. The van der Waals surface area contributed by atoms with Crippen molar-refractivity contribution in [1.82, 2.24) is 0 Å². The van der Waals surface area contributed by atoms with Gasteiger partial charge in [-0.1, -0.05) is 26.0 Å². The third-order valence-electron chi connectivity index (χ3n) is 3.63. The van der Waals surface area contributed by atoms with Crippen molar-refractivity contribution in [3.63, 3.8) is 0 Å². The molecule has 0 aromatic heterocycles. The first-order chi connectivity index (χ1) is 9.39. The van der Waals surface area contributed by atoms with Gasteiger partial charge in [-0.2, -0.15) is 0 Å². The lowest BCUT2D eigenvalue weighted by molar-refractivity contribution is -0.121. The fourth-order valence-corrected chi connectivity index (χ4v) is 1.92. The summed E-state index contributed by atoms with van der Waals surface area (Å²) in [4.78, 5) is 24.1. The Morgan fingerprint density at radius 3 is 2.40 bits per heavy atom. The highest BCUT2D eigenvalue weighted by Gasteiger charge is 2.31. The molecule has 0 aliphatic heterocycles. The SMILES string of the molecule is CCC(N)(CC)C(=O)Nc1c(C)cccc1C(=O)OC. The molecule has 0 aliphatic carbocycles. The average Bonchev–Trinajstić information content (AvgIpc) is 2.47. The van der Waals surface area contributed by atoms with E-state index in [1.165, 1.54) is 7.11 Å². The van der Waals surface area contributed by atoms with Gasteiger partial charge >= 0.3 is 5.97 Å². The van der Waals surface area contributed by atoms with E-state index in [4.69, 9.17) is 10.5 Å². The highest BCUT2D eigenvalue weighted by atomic mass is 16.5. The van der Waals surface area contributed by atoms with Gasteiger partial charge in [0.2, 0.25) is 5.91 Å². The molecule has 20 heavy (non-hydrogen) atoms. The summed E-state index contributed by atoms with van der Waals surface area (Å²) in [6, 6.07) is 5.18.